The van der Waals surface area contributed by atoms with E-state index in [2.05, 4.69) is 4.98 Å². The summed E-state index contributed by atoms with van der Waals surface area (Å²) in [5, 5.41) is 0.00226. The number of aromatic nitrogens is 1. The third-order valence-corrected chi connectivity index (χ3v) is 2.69. The van der Waals surface area contributed by atoms with E-state index in [9.17, 15) is 8.78 Å². The molecule has 0 aliphatic carbocycles. The molecule has 1 aromatic carbocycles. The van der Waals surface area contributed by atoms with E-state index in [0.717, 1.165) is 0 Å². The van der Waals surface area contributed by atoms with Gasteiger partial charge in [0.1, 0.15) is 11.6 Å². The molecule has 2 rings (SSSR count). The number of halogens is 3. The van der Waals surface area contributed by atoms with Crippen LogP contribution in [-0.4, -0.2) is 4.98 Å². The Morgan fingerprint density at radius 2 is 1.94 bits per heavy atom. The zero-order chi connectivity index (χ0) is 12.4. The molecule has 1 aromatic heterocycles. The molecular formula is C12H9ClF2N2. The molecule has 1 heterocycles. The van der Waals surface area contributed by atoms with E-state index in [1.54, 1.807) is 6.07 Å². The number of nitrogens with zero attached hydrogens (tertiary/aromatic N) is 1. The van der Waals surface area contributed by atoms with E-state index in [4.69, 9.17) is 17.3 Å². The van der Waals surface area contributed by atoms with Crippen molar-refractivity contribution in [3.05, 3.63) is 64.4 Å². The van der Waals surface area contributed by atoms with Crippen molar-refractivity contribution in [2.45, 2.75) is 6.04 Å². The highest BCUT2D eigenvalue weighted by Crippen LogP contribution is 2.23. The van der Waals surface area contributed by atoms with Gasteiger partial charge in [-0.2, -0.15) is 0 Å². The minimum Gasteiger partial charge on any atom is -0.319 e. The normalized spacial score (nSPS) is 12.5. The maximum Gasteiger partial charge on any atom is 0.146 e. The third-order valence-electron chi connectivity index (χ3n) is 2.38. The quantitative estimate of drug-likeness (QED) is 0.895. The maximum atomic E-state index is 13.4. The van der Waals surface area contributed by atoms with Crippen molar-refractivity contribution in [2.75, 3.05) is 0 Å². The molecule has 0 bridgehead atoms. The monoisotopic (exact) mass is 254 g/mol. The molecule has 2 nitrogen and oxygen atoms in total. The van der Waals surface area contributed by atoms with Crippen LogP contribution in [0.25, 0.3) is 0 Å². The van der Waals surface area contributed by atoms with Crippen LogP contribution in [0.5, 0.6) is 0 Å². The lowest BCUT2D eigenvalue weighted by Crippen LogP contribution is -2.15. The second-order valence-electron chi connectivity index (χ2n) is 3.52. The Kier molecular flexibility index (Phi) is 3.36. The first-order chi connectivity index (χ1) is 8.09. The third kappa shape index (κ3) is 2.43. The summed E-state index contributed by atoms with van der Waals surface area (Å²) in [6.45, 7) is 0. The van der Waals surface area contributed by atoms with Gasteiger partial charge in [0.05, 0.1) is 16.8 Å². The van der Waals surface area contributed by atoms with Gasteiger partial charge in [0.15, 0.2) is 0 Å². The molecule has 2 aromatic rings. The molecule has 1 atom stereocenters. The van der Waals surface area contributed by atoms with Gasteiger partial charge in [-0.05, 0) is 29.8 Å². The van der Waals surface area contributed by atoms with E-state index in [-0.39, 0.29) is 10.7 Å². The number of rotatable bonds is 2. The summed E-state index contributed by atoms with van der Waals surface area (Å²) in [5.74, 6) is -1.11. The van der Waals surface area contributed by atoms with Gasteiger partial charge in [0.25, 0.3) is 0 Å². The lowest BCUT2D eigenvalue weighted by atomic mass is 10.0. The number of pyridine rings is 1. The predicted octanol–water partition coefficient (Wildman–Crippen LogP) is 3.06. The summed E-state index contributed by atoms with van der Waals surface area (Å²) in [7, 11) is 0. The molecule has 0 aliphatic heterocycles. The van der Waals surface area contributed by atoms with E-state index >= 15 is 0 Å². The molecule has 0 saturated heterocycles. The van der Waals surface area contributed by atoms with Gasteiger partial charge in [0, 0.05) is 6.20 Å². The van der Waals surface area contributed by atoms with Crippen LogP contribution in [0.2, 0.25) is 5.02 Å². The Balaban J connectivity index is 2.40. The smallest absolute Gasteiger partial charge is 0.146 e. The number of hydrogen-bond acceptors (Lipinski definition) is 2. The predicted molar refractivity (Wildman–Crippen MR) is 61.6 cm³/mol. The van der Waals surface area contributed by atoms with Gasteiger partial charge in [0.2, 0.25) is 0 Å². The van der Waals surface area contributed by atoms with Crippen LogP contribution in [0.4, 0.5) is 8.78 Å². The highest BCUT2D eigenvalue weighted by Gasteiger charge is 2.15. The lowest BCUT2D eigenvalue weighted by molar-refractivity contribution is 0.583. The standard InChI is InChI=1S/C12H9ClF2N2/c13-8-4-3-7(6-10(8)15)11(16)12-9(14)2-1-5-17-12/h1-6,11H,16H2/t11-/m0/s1. The van der Waals surface area contributed by atoms with Crippen LogP contribution >= 0.6 is 11.6 Å². The molecule has 0 spiro atoms. The lowest BCUT2D eigenvalue weighted by Gasteiger charge is -2.12. The SMILES string of the molecule is N[C@@H](c1ccc(Cl)c(F)c1)c1ncccc1F. The number of benzene rings is 1. The van der Waals surface area contributed by atoms with Crippen molar-refractivity contribution < 1.29 is 8.78 Å². The molecule has 0 radical (unpaired) electrons. The fourth-order valence-electron chi connectivity index (χ4n) is 1.49. The Bertz CT molecular complexity index is 546. The fourth-order valence-corrected chi connectivity index (χ4v) is 1.61. The topological polar surface area (TPSA) is 38.9 Å². The van der Waals surface area contributed by atoms with Crippen molar-refractivity contribution in [1.29, 1.82) is 0 Å². The van der Waals surface area contributed by atoms with Crippen LogP contribution in [0.1, 0.15) is 17.3 Å². The summed E-state index contributed by atoms with van der Waals surface area (Å²) < 4.78 is 26.7. The van der Waals surface area contributed by atoms with Crippen LogP contribution in [0.15, 0.2) is 36.5 Å². The zero-order valence-corrected chi connectivity index (χ0v) is 9.46. The van der Waals surface area contributed by atoms with Crippen molar-refractivity contribution in [3.8, 4) is 0 Å². The second kappa shape index (κ2) is 4.77. The molecule has 0 fully saturated rings. The highest BCUT2D eigenvalue weighted by atomic mass is 35.5. The van der Waals surface area contributed by atoms with Crippen molar-refractivity contribution >= 4 is 11.6 Å². The van der Waals surface area contributed by atoms with Crippen LogP contribution in [-0.2, 0) is 0 Å². The summed E-state index contributed by atoms with van der Waals surface area (Å²) in [4.78, 5) is 3.85. The van der Waals surface area contributed by atoms with E-state index in [1.807, 2.05) is 0 Å². The molecule has 0 saturated carbocycles. The zero-order valence-electron chi connectivity index (χ0n) is 8.70. The van der Waals surface area contributed by atoms with Gasteiger partial charge in [-0.15, -0.1) is 0 Å². The van der Waals surface area contributed by atoms with E-state index in [1.165, 1.54) is 30.5 Å². The van der Waals surface area contributed by atoms with Crippen LogP contribution < -0.4 is 5.73 Å². The Morgan fingerprint density at radius 3 is 2.59 bits per heavy atom. The number of hydrogen-bond donors (Lipinski definition) is 1. The Morgan fingerprint density at radius 1 is 1.18 bits per heavy atom. The fraction of sp³-hybridized carbons (Fsp3) is 0.0833. The van der Waals surface area contributed by atoms with E-state index in [0.29, 0.717) is 5.56 Å². The summed E-state index contributed by atoms with van der Waals surface area (Å²) in [5.41, 5.74) is 6.32. The molecule has 0 amide bonds. The second-order valence-corrected chi connectivity index (χ2v) is 3.93. The minimum atomic E-state index is -0.817. The van der Waals surface area contributed by atoms with Gasteiger partial charge in [-0.1, -0.05) is 17.7 Å². The summed E-state index contributed by atoms with van der Waals surface area (Å²) in [6, 6.07) is 6.02. The average molecular weight is 255 g/mol. The van der Waals surface area contributed by atoms with Crippen molar-refractivity contribution in [1.82, 2.24) is 4.98 Å². The maximum absolute atomic E-state index is 13.4. The molecule has 0 aliphatic rings. The summed E-state index contributed by atoms with van der Waals surface area (Å²) >= 11 is 5.56. The van der Waals surface area contributed by atoms with Gasteiger partial charge >= 0.3 is 0 Å². The minimum absolute atomic E-state index is 0.00226. The molecule has 88 valence electrons. The van der Waals surface area contributed by atoms with Crippen LogP contribution in [0.3, 0.4) is 0 Å². The molecule has 5 heteroatoms. The first kappa shape index (κ1) is 12.0. The first-order valence-electron chi connectivity index (χ1n) is 4.90. The Labute approximate surface area is 102 Å². The summed E-state index contributed by atoms with van der Waals surface area (Å²) in [6.07, 6.45) is 1.44. The average Bonchev–Trinajstić information content (AvgIpc) is 2.32. The molecular weight excluding hydrogens is 246 g/mol. The number of nitrogens with two attached hydrogens (primary N) is 1. The van der Waals surface area contributed by atoms with Gasteiger partial charge in [-0.25, -0.2) is 8.78 Å². The molecule has 17 heavy (non-hydrogen) atoms. The highest BCUT2D eigenvalue weighted by molar-refractivity contribution is 6.30. The first-order valence-corrected chi connectivity index (χ1v) is 5.28. The molecule has 0 unspecified atom stereocenters. The van der Waals surface area contributed by atoms with Crippen molar-refractivity contribution in [3.63, 3.8) is 0 Å². The molecule has 2 N–H and O–H groups in total. The van der Waals surface area contributed by atoms with Gasteiger partial charge < -0.3 is 5.73 Å². The Hall–Kier alpha value is -1.52. The largest absolute Gasteiger partial charge is 0.319 e. The van der Waals surface area contributed by atoms with Crippen molar-refractivity contribution in [2.24, 2.45) is 5.73 Å². The van der Waals surface area contributed by atoms with E-state index < -0.39 is 17.7 Å². The van der Waals surface area contributed by atoms with Crippen LogP contribution in [0, 0.1) is 11.6 Å². The van der Waals surface area contributed by atoms with Gasteiger partial charge in [-0.3, -0.25) is 4.98 Å².